The summed E-state index contributed by atoms with van der Waals surface area (Å²) in [4.78, 5) is 16.4. The van der Waals surface area contributed by atoms with Gasteiger partial charge in [-0.3, -0.25) is 4.79 Å². The molecule has 2 aromatic heterocycles. The summed E-state index contributed by atoms with van der Waals surface area (Å²) in [6.07, 6.45) is 2.17. The molecule has 1 amide bonds. The van der Waals surface area contributed by atoms with Crippen molar-refractivity contribution in [3.8, 4) is 5.88 Å². The van der Waals surface area contributed by atoms with Gasteiger partial charge in [-0.1, -0.05) is 6.07 Å². The van der Waals surface area contributed by atoms with Gasteiger partial charge in [-0.25, -0.2) is 9.67 Å². The number of hydrogen-bond donors (Lipinski definition) is 2. The zero-order valence-corrected chi connectivity index (χ0v) is 13.5. The van der Waals surface area contributed by atoms with Gasteiger partial charge in [0, 0.05) is 24.8 Å². The molecule has 3 rings (SSSR count). The van der Waals surface area contributed by atoms with Gasteiger partial charge in [-0.2, -0.15) is 5.10 Å². The molecular weight excluding hydrogens is 310 g/mol. The van der Waals surface area contributed by atoms with E-state index < -0.39 is 0 Å². The van der Waals surface area contributed by atoms with Crippen molar-refractivity contribution in [3.05, 3.63) is 36.2 Å². The van der Waals surface area contributed by atoms with Crippen LogP contribution in [0, 0.1) is 6.92 Å². The van der Waals surface area contributed by atoms with Crippen molar-refractivity contribution in [1.29, 1.82) is 0 Å². The first-order valence-electron chi connectivity index (χ1n) is 7.86. The van der Waals surface area contributed by atoms with Crippen molar-refractivity contribution in [2.24, 2.45) is 0 Å². The maximum absolute atomic E-state index is 12.3. The van der Waals surface area contributed by atoms with Crippen molar-refractivity contribution in [3.63, 3.8) is 0 Å². The number of aryl methyl sites for hydroxylation is 1. The van der Waals surface area contributed by atoms with Gasteiger partial charge < -0.3 is 20.5 Å². The summed E-state index contributed by atoms with van der Waals surface area (Å²) >= 11 is 0. The molecule has 3 N–H and O–H groups in total. The third kappa shape index (κ3) is 4.02. The van der Waals surface area contributed by atoms with Crippen LogP contribution in [0.25, 0.3) is 0 Å². The van der Waals surface area contributed by atoms with Gasteiger partial charge in [-0.05, 0) is 13.0 Å². The molecule has 2 atom stereocenters. The SMILES string of the molecule is Cc1cc(N)n(CC(=O)N[C@@H]2COCC[C@H]2Oc2ccccn2)n1. The summed E-state index contributed by atoms with van der Waals surface area (Å²) in [7, 11) is 0. The Bertz CT molecular complexity index is 688. The van der Waals surface area contributed by atoms with Crippen LogP contribution in [0.4, 0.5) is 5.82 Å². The number of nitrogen functional groups attached to an aromatic ring is 1. The number of amides is 1. The molecule has 0 spiro atoms. The molecule has 0 radical (unpaired) electrons. The van der Waals surface area contributed by atoms with Gasteiger partial charge in [-0.15, -0.1) is 0 Å². The number of rotatable bonds is 5. The molecular formula is C16H21N5O3. The Labute approximate surface area is 140 Å². The Hall–Kier alpha value is -2.61. The predicted molar refractivity (Wildman–Crippen MR) is 87.4 cm³/mol. The van der Waals surface area contributed by atoms with Crippen molar-refractivity contribution >= 4 is 11.7 Å². The highest BCUT2D eigenvalue weighted by Gasteiger charge is 2.29. The number of carbonyl (C=O) groups is 1. The number of hydrogen-bond acceptors (Lipinski definition) is 6. The van der Waals surface area contributed by atoms with Crippen LogP contribution in [0.15, 0.2) is 30.5 Å². The Morgan fingerprint density at radius 2 is 2.42 bits per heavy atom. The molecule has 0 aromatic carbocycles. The van der Waals surface area contributed by atoms with E-state index >= 15 is 0 Å². The molecule has 3 heterocycles. The molecule has 1 fully saturated rings. The standard InChI is InChI=1S/C16H21N5O3/c1-11-8-14(17)21(20-11)9-15(22)19-12-10-23-7-5-13(12)24-16-4-2-3-6-18-16/h2-4,6,8,12-13H,5,7,9-10,17H2,1H3,(H,19,22)/t12-,13-/m1/s1. The van der Waals surface area contributed by atoms with Crippen LogP contribution in [-0.4, -0.2) is 46.0 Å². The average molecular weight is 331 g/mol. The molecule has 1 aliphatic heterocycles. The fraction of sp³-hybridized carbons (Fsp3) is 0.438. The van der Waals surface area contributed by atoms with Crippen LogP contribution >= 0.6 is 0 Å². The number of pyridine rings is 1. The number of nitrogens with one attached hydrogen (secondary N) is 1. The quantitative estimate of drug-likeness (QED) is 0.828. The Morgan fingerprint density at radius 3 is 3.12 bits per heavy atom. The van der Waals surface area contributed by atoms with Crippen LogP contribution in [0.5, 0.6) is 5.88 Å². The maximum Gasteiger partial charge on any atom is 0.242 e. The van der Waals surface area contributed by atoms with Gasteiger partial charge in [0.25, 0.3) is 0 Å². The first-order valence-corrected chi connectivity index (χ1v) is 7.86. The zero-order chi connectivity index (χ0) is 16.9. The second-order valence-corrected chi connectivity index (χ2v) is 5.73. The molecule has 0 bridgehead atoms. The van der Waals surface area contributed by atoms with E-state index in [2.05, 4.69) is 15.4 Å². The third-order valence-electron chi connectivity index (χ3n) is 3.78. The summed E-state index contributed by atoms with van der Waals surface area (Å²) in [5.74, 6) is 0.814. The van der Waals surface area contributed by atoms with Crippen LogP contribution in [-0.2, 0) is 16.1 Å². The van der Waals surface area contributed by atoms with E-state index in [1.165, 1.54) is 4.68 Å². The van der Waals surface area contributed by atoms with Gasteiger partial charge >= 0.3 is 0 Å². The summed E-state index contributed by atoms with van der Waals surface area (Å²) in [6, 6.07) is 6.96. The van der Waals surface area contributed by atoms with E-state index in [4.69, 9.17) is 15.2 Å². The maximum atomic E-state index is 12.3. The topological polar surface area (TPSA) is 104 Å². The minimum Gasteiger partial charge on any atom is -0.472 e. The second kappa shape index (κ2) is 7.31. The van der Waals surface area contributed by atoms with Gasteiger partial charge in [0.05, 0.1) is 24.9 Å². The van der Waals surface area contributed by atoms with Crippen LogP contribution < -0.4 is 15.8 Å². The highest BCUT2D eigenvalue weighted by Crippen LogP contribution is 2.16. The Balaban J connectivity index is 1.61. The van der Waals surface area contributed by atoms with Crippen molar-refractivity contribution < 1.29 is 14.3 Å². The average Bonchev–Trinajstić information content (AvgIpc) is 2.87. The van der Waals surface area contributed by atoms with E-state index in [9.17, 15) is 4.79 Å². The van der Waals surface area contributed by atoms with Crippen LogP contribution in [0.3, 0.4) is 0 Å². The van der Waals surface area contributed by atoms with Crippen molar-refractivity contribution in [2.45, 2.75) is 32.0 Å². The van der Waals surface area contributed by atoms with E-state index in [-0.39, 0.29) is 24.6 Å². The first-order chi connectivity index (χ1) is 11.6. The van der Waals surface area contributed by atoms with Crippen molar-refractivity contribution in [1.82, 2.24) is 20.1 Å². The predicted octanol–water partition coefficient (Wildman–Crippen LogP) is 0.521. The monoisotopic (exact) mass is 331 g/mol. The van der Waals surface area contributed by atoms with E-state index in [1.807, 2.05) is 19.1 Å². The molecule has 8 nitrogen and oxygen atoms in total. The number of ether oxygens (including phenoxy) is 2. The lowest BCUT2D eigenvalue weighted by molar-refractivity contribution is -0.125. The lowest BCUT2D eigenvalue weighted by atomic mass is 10.1. The lowest BCUT2D eigenvalue weighted by Gasteiger charge is -2.32. The Kier molecular flexibility index (Phi) is 4.95. The van der Waals surface area contributed by atoms with Crippen LogP contribution in [0.2, 0.25) is 0 Å². The number of nitrogens with two attached hydrogens (primary N) is 1. The van der Waals surface area contributed by atoms with E-state index in [0.29, 0.717) is 31.3 Å². The molecule has 0 aliphatic carbocycles. The minimum absolute atomic E-state index is 0.0620. The van der Waals surface area contributed by atoms with Gasteiger partial charge in [0.2, 0.25) is 11.8 Å². The van der Waals surface area contributed by atoms with Crippen molar-refractivity contribution in [2.75, 3.05) is 18.9 Å². The molecule has 1 saturated heterocycles. The number of aromatic nitrogens is 3. The summed E-state index contributed by atoms with van der Waals surface area (Å²) < 4.78 is 12.8. The zero-order valence-electron chi connectivity index (χ0n) is 13.5. The molecule has 2 aromatic rings. The second-order valence-electron chi connectivity index (χ2n) is 5.73. The fourth-order valence-electron chi connectivity index (χ4n) is 2.65. The Morgan fingerprint density at radius 1 is 1.54 bits per heavy atom. The summed E-state index contributed by atoms with van der Waals surface area (Å²) in [5, 5.41) is 7.13. The molecule has 1 aliphatic rings. The van der Waals surface area contributed by atoms with E-state index in [0.717, 1.165) is 5.69 Å². The molecule has 24 heavy (non-hydrogen) atoms. The fourth-order valence-corrected chi connectivity index (χ4v) is 2.65. The molecule has 128 valence electrons. The van der Waals surface area contributed by atoms with E-state index in [1.54, 1.807) is 18.3 Å². The van der Waals surface area contributed by atoms with Gasteiger partial charge in [0.15, 0.2) is 0 Å². The number of anilines is 1. The number of carbonyl (C=O) groups excluding carboxylic acids is 1. The normalized spacial score (nSPS) is 20.5. The van der Waals surface area contributed by atoms with Gasteiger partial charge in [0.1, 0.15) is 18.5 Å². The molecule has 8 heteroatoms. The smallest absolute Gasteiger partial charge is 0.242 e. The summed E-state index contributed by atoms with van der Waals surface area (Å²) in [6.45, 7) is 2.88. The third-order valence-corrected chi connectivity index (χ3v) is 3.78. The first kappa shape index (κ1) is 16.3. The number of nitrogens with zero attached hydrogens (tertiary/aromatic N) is 3. The lowest BCUT2D eigenvalue weighted by Crippen LogP contribution is -2.52. The molecule has 0 unspecified atom stereocenters. The largest absolute Gasteiger partial charge is 0.472 e. The summed E-state index contributed by atoms with van der Waals surface area (Å²) in [5.41, 5.74) is 6.59. The highest BCUT2D eigenvalue weighted by atomic mass is 16.5. The highest BCUT2D eigenvalue weighted by molar-refractivity contribution is 5.76. The minimum atomic E-state index is -0.244. The molecule has 0 saturated carbocycles. The van der Waals surface area contributed by atoms with Crippen LogP contribution in [0.1, 0.15) is 12.1 Å².